The molecule has 0 radical (unpaired) electrons. The normalized spacial score (nSPS) is 19.1. The fraction of sp³-hybridized carbons (Fsp3) is 0.240. The molecule has 0 amide bonds. The monoisotopic (exact) mass is 416 g/mol. The van der Waals surface area contributed by atoms with Crippen LogP contribution < -0.4 is 18.9 Å². The van der Waals surface area contributed by atoms with Gasteiger partial charge in [0.1, 0.15) is 11.5 Å². The largest absolute Gasteiger partial charge is 0.496 e. The van der Waals surface area contributed by atoms with Crippen molar-refractivity contribution in [1.29, 1.82) is 0 Å². The first-order chi connectivity index (χ1) is 15.2. The summed E-state index contributed by atoms with van der Waals surface area (Å²) in [7, 11) is 4.95. The zero-order valence-electron chi connectivity index (χ0n) is 17.7. The molecule has 0 fully saturated rings. The van der Waals surface area contributed by atoms with Crippen LogP contribution in [0.15, 0.2) is 71.8 Å². The first kappa shape index (κ1) is 19.3. The summed E-state index contributed by atoms with van der Waals surface area (Å²) in [5.41, 5.74) is 4.06. The van der Waals surface area contributed by atoms with Gasteiger partial charge in [-0.25, -0.2) is 5.01 Å². The number of fused-ring (bicyclic) bond motifs is 3. The fourth-order valence-electron chi connectivity index (χ4n) is 4.30. The Morgan fingerprint density at radius 1 is 0.806 bits per heavy atom. The summed E-state index contributed by atoms with van der Waals surface area (Å²) >= 11 is 0. The third-order valence-corrected chi connectivity index (χ3v) is 5.82. The maximum absolute atomic E-state index is 6.43. The zero-order chi connectivity index (χ0) is 21.4. The van der Waals surface area contributed by atoms with Gasteiger partial charge >= 0.3 is 0 Å². The minimum Gasteiger partial charge on any atom is -0.496 e. The van der Waals surface area contributed by atoms with Crippen LogP contribution in [0.5, 0.6) is 23.0 Å². The second-order valence-electron chi connectivity index (χ2n) is 7.47. The SMILES string of the molecule is COc1ccc(C2=NN3[C@@H](c4ccccc4OC)Oc4ccccc4[C@@H]3C2)cc1OC. The van der Waals surface area contributed by atoms with E-state index in [-0.39, 0.29) is 12.3 Å². The summed E-state index contributed by atoms with van der Waals surface area (Å²) in [5, 5.41) is 7.06. The smallest absolute Gasteiger partial charge is 0.217 e. The number of hydrogen-bond donors (Lipinski definition) is 0. The number of hydrogen-bond acceptors (Lipinski definition) is 6. The lowest BCUT2D eigenvalue weighted by atomic mass is 9.95. The Labute approximate surface area is 181 Å². The van der Waals surface area contributed by atoms with Crippen LogP contribution in [0.2, 0.25) is 0 Å². The van der Waals surface area contributed by atoms with Crippen molar-refractivity contribution in [3.8, 4) is 23.0 Å². The molecule has 158 valence electrons. The quantitative estimate of drug-likeness (QED) is 0.589. The minimum absolute atomic E-state index is 0.0722. The van der Waals surface area contributed by atoms with Crippen LogP contribution in [0.4, 0.5) is 0 Å². The lowest BCUT2D eigenvalue weighted by molar-refractivity contribution is -0.0203. The van der Waals surface area contributed by atoms with Crippen molar-refractivity contribution in [2.75, 3.05) is 21.3 Å². The maximum Gasteiger partial charge on any atom is 0.217 e. The molecule has 0 aliphatic carbocycles. The van der Waals surface area contributed by atoms with Crippen molar-refractivity contribution in [1.82, 2.24) is 5.01 Å². The third-order valence-electron chi connectivity index (χ3n) is 5.82. The van der Waals surface area contributed by atoms with Crippen molar-refractivity contribution in [3.05, 3.63) is 83.4 Å². The van der Waals surface area contributed by atoms with Crippen LogP contribution in [0, 0.1) is 0 Å². The van der Waals surface area contributed by atoms with Gasteiger partial charge in [0.2, 0.25) is 6.23 Å². The number of ether oxygens (including phenoxy) is 4. The van der Waals surface area contributed by atoms with E-state index in [1.165, 1.54) is 0 Å². The molecule has 2 aliphatic rings. The van der Waals surface area contributed by atoms with Crippen molar-refractivity contribution in [2.24, 2.45) is 5.10 Å². The van der Waals surface area contributed by atoms with Gasteiger partial charge in [-0.2, -0.15) is 5.10 Å². The van der Waals surface area contributed by atoms with Gasteiger partial charge in [-0.1, -0.05) is 30.3 Å². The third kappa shape index (κ3) is 3.24. The molecule has 0 unspecified atom stereocenters. The molecule has 0 saturated carbocycles. The first-order valence-electron chi connectivity index (χ1n) is 10.2. The van der Waals surface area contributed by atoms with E-state index in [1.54, 1.807) is 21.3 Å². The second-order valence-corrected chi connectivity index (χ2v) is 7.47. The van der Waals surface area contributed by atoms with Gasteiger partial charge in [-0.15, -0.1) is 0 Å². The molecule has 3 aromatic carbocycles. The fourth-order valence-corrected chi connectivity index (χ4v) is 4.30. The summed E-state index contributed by atoms with van der Waals surface area (Å²) in [6.45, 7) is 0. The minimum atomic E-state index is -0.381. The molecule has 0 saturated heterocycles. The van der Waals surface area contributed by atoms with E-state index in [0.29, 0.717) is 11.5 Å². The van der Waals surface area contributed by atoms with E-state index in [2.05, 4.69) is 6.07 Å². The predicted octanol–water partition coefficient (Wildman–Crippen LogP) is 4.95. The van der Waals surface area contributed by atoms with E-state index in [1.807, 2.05) is 65.7 Å². The number of nitrogens with zero attached hydrogens (tertiary/aromatic N) is 2. The number of rotatable bonds is 5. The number of para-hydroxylation sites is 2. The molecule has 6 nitrogen and oxygen atoms in total. The highest BCUT2D eigenvalue weighted by atomic mass is 16.5. The summed E-state index contributed by atoms with van der Waals surface area (Å²) < 4.78 is 22.9. The summed E-state index contributed by atoms with van der Waals surface area (Å²) in [6.07, 6.45) is 0.385. The highest BCUT2D eigenvalue weighted by molar-refractivity contribution is 6.02. The van der Waals surface area contributed by atoms with E-state index in [4.69, 9.17) is 24.0 Å². The Hall–Kier alpha value is -3.67. The number of benzene rings is 3. The predicted molar refractivity (Wildman–Crippen MR) is 118 cm³/mol. The molecule has 5 rings (SSSR count). The highest BCUT2D eigenvalue weighted by Crippen LogP contribution is 2.49. The van der Waals surface area contributed by atoms with Gasteiger partial charge in [0.25, 0.3) is 0 Å². The van der Waals surface area contributed by atoms with Crippen LogP contribution in [0.3, 0.4) is 0 Å². The van der Waals surface area contributed by atoms with E-state index >= 15 is 0 Å². The van der Waals surface area contributed by atoms with Gasteiger partial charge in [-0.3, -0.25) is 0 Å². The van der Waals surface area contributed by atoms with Crippen LogP contribution in [0.25, 0.3) is 0 Å². The zero-order valence-corrected chi connectivity index (χ0v) is 17.7. The van der Waals surface area contributed by atoms with Gasteiger partial charge < -0.3 is 18.9 Å². The molecular formula is C25H24N2O4. The molecule has 6 heteroatoms. The molecule has 31 heavy (non-hydrogen) atoms. The molecule has 0 spiro atoms. The average Bonchev–Trinajstić information content (AvgIpc) is 3.29. The summed E-state index contributed by atoms with van der Waals surface area (Å²) in [5.74, 6) is 3.04. The van der Waals surface area contributed by atoms with Crippen molar-refractivity contribution >= 4 is 5.71 Å². The first-order valence-corrected chi connectivity index (χ1v) is 10.2. The van der Waals surface area contributed by atoms with Gasteiger partial charge in [0.05, 0.1) is 38.6 Å². The molecule has 2 heterocycles. The Balaban J connectivity index is 1.59. The summed E-state index contributed by atoms with van der Waals surface area (Å²) in [4.78, 5) is 0. The Kier molecular flexibility index (Phi) is 4.90. The molecular weight excluding hydrogens is 392 g/mol. The van der Waals surface area contributed by atoms with E-state index in [9.17, 15) is 0 Å². The molecule has 2 aliphatic heterocycles. The van der Waals surface area contributed by atoms with Crippen molar-refractivity contribution < 1.29 is 18.9 Å². The lowest BCUT2D eigenvalue weighted by Crippen LogP contribution is -2.33. The molecule has 3 aromatic rings. The number of methoxy groups -OCH3 is 3. The van der Waals surface area contributed by atoms with Crippen LogP contribution >= 0.6 is 0 Å². The Bertz CT molecular complexity index is 1140. The van der Waals surface area contributed by atoms with Gasteiger partial charge in [0.15, 0.2) is 11.5 Å². The molecule has 0 bridgehead atoms. The lowest BCUT2D eigenvalue weighted by Gasteiger charge is -2.38. The van der Waals surface area contributed by atoms with Crippen LogP contribution in [0.1, 0.15) is 35.4 Å². The summed E-state index contributed by atoms with van der Waals surface area (Å²) in [6, 6.07) is 22.1. The second kappa shape index (κ2) is 7.87. The van der Waals surface area contributed by atoms with Crippen LogP contribution in [-0.2, 0) is 0 Å². The van der Waals surface area contributed by atoms with Gasteiger partial charge in [0, 0.05) is 17.5 Å². The topological polar surface area (TPSA) is 52.5 Å². The Morgan fingerprint density at radius 2 is 1.52 bits per heavy atom. The molecule has 2 atom stereocenters. The maximum atomic E-state index is 6.43. The molecule has 0 N–H and O–H groups in total. The standard InChI is InChI=1S/C25H24N2O4/c1-28-21-10-6-5-9-18(21)25-27-20(17-8-4-7-11-22(17)31-25)15-19(26-27)16-12-13-23(29-2)24(14-16)30-3/h4-14,20,25H,15H2,1-3H3/t20-,25+/m0/s1. The van der Waals surface area contributed by atoms with Crippen LogP contribution in [-0.4, -0.2) is 32.0 Å². The Morgan fingerprint density at radius 3 is 2.29 bits per heavy atom. The van der Waals surface area contributed by atoms with E-state index < -0.39 is 0 Å². The van der Waals surface area contributed by atoms with Crippen molar-refractivity contribution in [2.45, 2.75) is 18.7 Å². The van der Waals surface area contributed by atoms with Gasteiger partial charge in [-0.05, 0) is 36.4 Å². The number of hydrazone groups is 1. The highest BCUT2D eigenvalue weighted by Gasteiger charge is 2.41. The van der Waals surface area contributed by atoms with E-state index in [0.717, 1.165) is 40.3 Å². The molecule has 0 aromatic heterocycles. The average molecular weight is 416 g/mol. The van der Waals surface area contributed by atoms with Crippen molar-refractivity contribution in [3.63, 3.8) is 0 Å².